The molecule has 1 fully saturated rings. The van der Waals surface area contributed by atoms with Crippen LogP contribution in [0.2, 0.25) is 0 Å². The van der Waals surface area contributed by atoms with Crippen molar-refractivity contribution in [1.29, 1.82) is 0 Å². The highest BCUT2D eigenvalue weighted by atomic mass is 16.2. The summed E-state index contributed by atoms with van der Waals surface area (Å²) < 4.78 is 0. The van der Waals surface area contributed by atoms with E-state index in [9.17, 15) is 9.59 Å². The van der Waals surface area contributed by atoms with Gasteiger partial charge in [0, 0.05) is 43.5 Å². The number of pyridine rings is 1. The van der Waals surface area contributed by atoms with Crippen LogP contribution in [0.4, 0.5) is 0 Å². The molecule has 32 heavy (non-hydrogen) atoms. The summed E-state index contributed by atoms with van der Waals surface area (Å²) in [4.78, 5) is 45.2. The van der Waals surface area contributed by atoms with Gasteiger partial charge in [-0.25, -0.2) is 9.97 Å². The number of nitrogens with one attached hydrogen (secondary N) is 2. The second-order valence-electron chi connectivity index (χ2n) is 9.86. The van der Waals surface area contributed by atoms with Crippen LogP contribution < -0.4 is 5.32 Å². The molecule has 8 nitrogen and oxygen atoms in total. The Hall–Kier alpha value is -3.29. The number of H-pyrrole nitrogens is 1. The predicted octanol–water partition coefficient (Wildman–Crippen LogP) is 2.96. The second kappa shape index (κ2) is 7.69. The number of aromatic amines is 1. The van der Waals surface area contributed by atoms with Crippen molar-refractivity contribution >= 4 is 23.0 Å². The number of rotatable bonds is 4. The smallest absolute Gasteiger partial charge is 0.255 e. The summed E-state index contributed by atoms with van der Waals surface area (Å²) in [5, 5.41) is 3.00. The number of hydrogen-bond acceptors (Lipinski definition) is 5. The van der Waals surface area contributed by atoms with E-state index in [-0.39, 0.29) is 11.8 Å². The van der Waals surface area contributed by atoms with Crippen LogP contribution in [0.15, 0.2) is 30.7 Å². The number of amides is 2. The van der Waals surface area contributed by atoms with Crippen LogP contribution in [0.5, 0.6) is 0 Å². The number of aromatic nitrogens is 4. The first kappa shape index (κ1) is 20.6. The average molecular weight is 433 g/mol. The average Bonchev–Trinajstić information content (AvgIpc) is 3.54. The molecule has 8 heteroatoms. The van der Waals surface area contributed by atoms with Crippen molar-refractivity contribution in [2.75, 3.05) is 6.54 Å². The number of carbonyl (C=O) groups is 2. The van der Waals surface area contributed by atoms with E-state index in [4.69, 9.17) is 4.98 Å². The molecule has 1 atom stereocenters. The summed E-state index contributed by atoms with van der Waals surface area (Å²) in [6, 6.07) is 3.23. The zero-order valence-electron chi connectivity index (χ0n) is 18.7. The van der Waals surface area contributed by atoms with Crippen LogP contribution in [0.25, 0.3) is 11.2 Å². The van der Waals surface area contributed by atoms with Gasteiger partial charge in [-0.15, -0.1) is 0 Å². The van der Waals surface area contributed by atoms with Crippen molar-refractivity contribution in [3.8, 4) is 0 Å². The molecule has 1 aliphatic heterocycles. The number of fused-ring (bicyclic) bond motifs is 2. The Morgan fingerprint density at radius 1 is 1.25 bits per heavy atom. The molecule has 0 aromatic carbocycles. The Balaban J connectivity index is 1.39. The topological polar surface area (TPSA) is 104 Å². The van der Waals surface area contributed by atoms with Crippen molar-refractivity contribution < 1.29 is 9.59 Å². The Bertz CT molecular complexity index is 1190. The molecule has 2 amide bonds. The summed E-state index contributed by atoms with van der Waals surface area (Å²) >= 11 is 0. The van der Waals surface area contributed by atoms with Gasteiger partial charge in [-0.3, -0.25) is 14.6 Å². The van der Waals surface area contributed by atoms with Crippen molar-refractivity contribution in [2.24, 2.45) is 5.41 Å². The maximum absolute atomic E-state index is 13.5. The van der Waals surface area contributed by atoms with Gasteiger partial charge in [0.25, 0.3) is 5.91 Å². The zero-order chi connectivity index (χ0) is 22.5. The third-order valence-electron chi connectivity index (χ3n) is 6.30. The Labute approximate surface area is 186 Å². The molecular weight excluding hydrogens is 404 g/mol. The molecule has 2 N–H and O–H groups in total. The van der Waals surface area contributed by atoms with Gasteiger partial charge in [-0.2, -0.15) is 0 Å². The fourth-order valence-corrected chi connectivity index (χ4v) is 4.25. The lowest BCUT2D eigenvalue weighted by Gasteiger charge is -2.36. The lowest BCUT2D eigenvalue weighted by molar-refractivity contribution is -0.136. The third-order valence-corrected chi connectivity index (χ3v) is 6.30. The molecule has 1 aliphatic carbocycles. The summed E-state index contributed by atoms with van der Waals surface area (Å²) in [7, 11) is 0. The number of hydrogen-bond donors (Lipinski definition) is 2. The van der Waals surface area contributed by atoms with E-state index in [1.54, 1.807) is 18.6 Å². The van der Waals surface area contributed by atoms with E-state index in [0.29, 0.717) is 42.2 Å². The Morgan fingerprint density at radius 2 is 2.06 bits per heavy atom. The van der Waals surface area contributed by atoms with E-state index in [0.717, 1.165) is 29.8 Å². The highest BCUT2D eigenvalue weighted by Gasteiger charge is 2.37. The van der Waals surface area contributed by atoms with E-state index >= 15 is 0 Å². The van der Waals surface area contributed by atoms with E-state index in [1.165, 1.54) is 0 Å². The van der Waals surface area contributed by atoms with Gasteiger partial charge < -0.3 is 15.2 Å². The van der Waals surface area contributed by atoms with Gasteiger partial charge in [-0.1, -0.05) is 26.8 Å². The van der Waals surface area contributed by atoms with Crippen molar-refractivity contribution in [3.05, 3.63) is 53.2 Å². The fourth-order valence-electron chi connectivity index (χ4n) is 4.25. The Kier molecular flexibility index (Phi) is 4.95. The molecule has 0 bridgehead atoms. The standard InChI is InChI=1S/C24H28N6O2/c1-24(2,3)20(23(32)30-10-8-17-15(13-30)5-4-9-25-17)29-22(31)16-11-26-21-19(16)28-18(12-27-21)14-6-7-14/h4-5,9,11-12,14,20H,6-8,10,13H2,1-3H3,(H,26,27)(H,29,31). The monoisotopic (exact) mass is 432 g/mol. The quantitative estimate of drug-likeness (QED) is 0.660. The number of carbonyl (C=O) groups excluding carboxylic acids is 2. The minimum Gasteiger partial charge on any atom is -0.344 e. The molecule has 1 unspecified atom stereocenters. The summed E-state index contributed by atoms with van der Waals surface area (Å²) in [5.74, 6) is 0.0499. The third kappa shape index (κ3) is 3.85. The van der Waals surface area contributed by atoms with Crippen LogP contribution >= 0.6 is 0 Å². The second-order valence-corrected chi connectivity index (χ2v) is 9.86. The van der Waals surface area contributed by atoms with Crippen molar-refractivity contribution in [2.45, 2.75) is 58.5 Å². The maximum atomic E-state index is 13.5. The van der Waals surface area contributed by atoms with Crippen LogP contribution in [0, 0.1) is 5.41 Å². The van der Waals surface area contributed by atoms with Crippen LogP contribution in [0.3, 0.4) is 0 Å². The Morgan fingerprint density at radius 3 is 2.81 bits per heavy atom. The predicted molar refractivity (Wildman–Crippen MR) is 120 cm³/mol. The first-order valence-corrected chi connectivity index (χ1v) is 11.2. The summed E-state index contributed by atoms with van der Waals surface area (Å²) in [6.45, 7) is 7.00. The minimum atomic E-state index is -0.669. The van der Waals surface area contributed by atoms with Gasteiger partial charge >= 0.3 is 0 Å². The van der Waals surface area contributed by atoms with Crippen LogP contribution in [0.1, 0.15) is 66.8 Å². The summed E-state index contributed by atoms with van der Waals surface area (Å²) in [6.07, 6.45) is 8.14. The van der Waals surface area contributed by atoms with Gasteiger partial charge in [0.15, 0.2) is 5.65 Å². The molecule has 3 aromatic rings. The molecule has 166 valence electrons. The molecular formula is C24H28N6O2. The van der Waals surface area contributed by atoms with Gasteiger partial charge in [-0.05, 0) is 29.9 Å². The zero-order valence-corrected chi connectivity index (χ0v) is 18.7. The molecule has 3 aromatic heterocycles. The van der Waals surface area contributed by atoms with Crippen LogP contribution in [-0.2, 0) is 17.8 Å². The lowest BCUT2D eigenvalue weighted by atomic mass is 9.85. The molecule has 0 radical (unpaired) electrons. The largest absolute Gasteiger partial charge is 0.344 e. The van der Waals surface area contributed by atoms with Crippen molar-refractivity contribution in [3.63, 3.8) is 0 Å². The van der Waals surface area contributed by atoms with Gasteiger partial charge in [0.05, 0.1) is 17.5 Å². The van der Waals surface area contributed by atoms with E-state index in [2.05, 4.69) is 20.3 Å². The lowest BCUT2D eigenvalue weighted by Crippen LogP contribution is -2.55. The first-order valence-electron chi connectivity index (χ1n) is 11.2. The molecule has 4 heterocycles. The van der Waals surface area contributed by atoms with Gasteiger partial charge in [0.1, 0.15) is 11.6 Å². The molecule has 2 aliphatic rings. The minimum absolute atomic E-state index is 0.0788. The normalized spacial score (nSPS) is 17.2. The van der Waals surface area contributed by atoms with E-state index < -0.39 is 11.5 Å². The fraction of sp³-hybridized carbons (Fsp3) is 0.458. The number of nitrogens with zero attached hydrogens (tertiary/aromatic N) is 4. The molecule has 5 rings (SSSR count). The van der Waals surface area contributed by atoms with Crippen molar-refractivity contribution in [1.82, 2.24) is 30.2 Å². The van der Waals surface area contributed by atoms with Gasteiger partial charge in [0.2, 0.25) is 5.91 Å². The van der Waals surface area contributed by atoms with Crippen LogP contribution in [-0.4, -0.2) is 49.2 Å². The maximum Gasteiger partial charge on any atom is 0.255 e. The SMILES string of the molecule is CC(C)(C)C(NC(=O)c1c[nH]c2ncc(C3CC3)nc12)C(=O)N1CCc2ncccc2C1. The highest BCUT2D eigenvalue weighted by molar-refractivity contribution is 6.06. The molecule has 0 spiro atoms. The highest BCUT2D eigenvalue weighted by Crippen LogP contribution is 2.39. The summed E-state index contributed by atoms with van der Waals surface area (Å²) in [5.41, 5.74) is 4.13. The molecule has 0 saturated heterocycles. The molecule has 1 saturated carbocycles. The first-order chi connectivity index (χ1) is 15.3. The van der Waals surface area contributed by atoms with E-state index in [1.807, 2.05) is 37.8 Å².